The van der Waals surface area contributed by atoms with E-state index in [2.05, 4.69) is 5.32 Å². The number of hydrogen-bond acceptors (Lipinski definition) is 3. The molecule has 0 spiro atoms. The van der Waals surface area contributed by atoms with Gasteiger partial charge in [-0.25, -0.2) is 0 Å². The quantitative estimate of drug-likeness (QED) is 0.907. The molecule has 2 amide bonds. The minimum atomic E-state index is -0.270. The van der Waals surface area contributed by atoms with E-state index in [-0.39, 0.29) is 23.8 Å². The van der Waals surface area contributed by atoms with Gasteiger partial charge in [-0.15, -0.1) is 0 Å². The van der Waals surface area contributed by atoms with Crippen LogP contribution in [0.5, 0.6) is 0 Å². The Morgan fingerprint density at radius 2 is 2.05 bits per heavy atom. The SMILES string of the molecule is O=C1NCC(C(=O)N(CC2CC2)C2COC2)c2ccccc21. The van der Waals surface area contributed by atoms with Crippen molar-refractivity contribution < 1.29 is 14.3 Å². The number of carbonyl (C=O) groups excluding carboxylic acids is 2. The van der Waals surface area contributed by atoms with E-state index in [1.54, 1.807) is 6.07 Å². The Hall–Kier alpha value is -1.88. The second kappa shape index (κ2) is 5.39. The Morgan fingerprint density at radius 1 is 1.27 bits per heavy atom. The molecular formula is C17H20N2O3. The van der Waals surface area contributed by atoms with Gasteiger partial charge in [-0.05, 0) is 30.4 Å². The van der Waals surface area contributed by atoms with E-state index in [9.17, 15) is 9.59 Å². The van der Waals surface area contributed by atoms with Gasteiger partial charge < -0.3 is 15.0 Å². The fraction of sp³-hybridized carbons (Fsp3) is 0.529. The zero-order chi connectivity index (χ0) is 15.1. The van der Waals surface area contributed by atoms with Gasteiger partial charge in [0, 0.05) is 18.7 Å². The van der Waals surface area contributed by atoms with Gasteiger partial charge in [0.15, 0.2) is 0 Å². The number of benzene rings is 1. The van der Waals surface area contributed by atoms with Crippen molar-refractivity contribution >= 4 is 11.8 Å². The van der Waals surface area contributed by atoms with Gasteiger partial charge in [0.2, 0.25) is 5.91 Å². The van der Waals surface area contributed by atoms with E-state index >= 15 is 0 Å². The van der Waals surface area contributed by atoms with Crippen molar-refractivity contribution in [2.45, 2.75) is 24.8 Å². The summed E-state index contributed by atoms with van der Waals surface area (Å²) in [6.45, 7) is 2.50. The second-order valence-corrected chi connectivity index (χ2v) is 6.48. The van der Waals surface area contributed by atoms with Crippen LogP contribution in [0.3, 0.4) is 0 Å². The number of rotatable bonds is 4. The zero-order valence-corrected chi connectivity index (χ0v) is 12.5. The first-order valence-electron chi connectivity index (χ1n) is 7.99. The van der Waals surface area contributed by atoms with Crippen molar-refractivity contribution in [3.8, 4) is 0 Å². The molecule has 1 saturated carbocycles. The number of hydrogen-bond donors (Lipinski definition) is 1. The lowest BCUT2D eigenvalue weighted by molar-refractivity contribution is -0.146. The number of amides is 2. The topological polar surface area (TPSA) is 58.6 Å². The summed E-state index contributed by atoms with van der Waals surface area (Å²) >= 11 is 0. The van der Waals surface area contributed by atoms with E-state index < -0.39 is 0 Å². The number of nitrogens with one attached hydrogen (secondary N) is 1. The Bertz CT molecular complexity index is 608. The molecule has 0 aromatic heterocycles. The van der Waals surface area contributed by atoms with Crippen LogP contribution in [0.1, 0.15) is 34.7 Å². The van der Waals surface area contributed by atoms with Crippen LogP contribution in [0.2, 0.25) is 0 Å². The van der Waals surface area contributed by atoms with Crippen LogP contribution in [0, 0.1) is 5.92 Å². The molecule has 0 bridgehead atoms. The van der Waals surface area contributed by atoms with Crippen molar-refractivity contribution in [2.75, 3.05) is 26.3 Å². The van der Waals surface area contributed by atoms with E-state index in [0.29, 0.717) is 31.2 Å². The zero-order valence-electron chi connectivity index (χ0n) is 12.5. The van der Waals surface area contributed by atoms with Gasteiger partial charge in [0.25, 0.3) is 5.91 Å². The van der Waals surface area contributed by atoms with Crippen LogP contribution in [-0.4, -0.2) is 49.1 Å². The molecule has 1 unspecified atom stereocenters. The molecule has 116 valence electrons. The molecule has 4 rings (SSSR count). The average Bonchev–Trinajstić information content (AvgIpc) is 3.29. The molecular weight excluding hydrogens is 280 g/mol. The van der Waals surface area contributed by atoms with Crippen LogP contribution in [0.25, 0.3) is 0 Å². The van der Waals surface area contributed by atoms with Crippen LogP contribution in [0.4, 0.5) is 0 Å². The Balaban J connectivity index is 1.60. The highest BCUT2D eigenvalue weighted by atomic mass is 16.5. The van der Waals surface area contributed by atoms with Crippen LogP contribution >= 0.6 is 0 Å². The molecule has 5 heteroatoms. The molecule has 1 aromatic carbocycles. The Labute approximate surface area is 129 Å². The number of ether oxygens (including phenoxy) is 1. The minimum Gasteiger partial charge on any atom is -0.377 e. The summed E-state index contributed by atoms with van der Waals surface area (Å²) in [5.74, 6) is 0.430. The molecule has 22 heavy (non-hydrogen) atoms. The van der Waals surface area contributed by atoms with E-state index in [1.165, 1.54) is 12.8 Å². The molecule has 3 aliphatic rings. The normalized spacial score (nSPS) is 24.2. The maximum absolute atomic E-state index is 13.1. The molecule has 1 aromatic rings. The highest BCUT2D eigenvalue weighted by Gasteiger charge is 2.39. The first-order valence-corrected chi connectivity index (χ1v) is 7.99. The molecule has 1 N–H and O–H groups in total. The summed E-state index contributed by atoms with van der Waals surface area (Å²) in [5.41, 5.74) is 1.49. The lowest BCUT2D eigenvalue weighted by atomic mass is 9.89. The summed E-state index contributed by atoms with van der Waals surface area (Å²) in [4.78, 5) is 27.0. The van der Waals surface area contributed by atoms with Gasteiger partial charge in [0.05, 0.1) is 25.2 Å². The first kappa shape index (κ1) is 13.8. The lowest BCUT2D eigenvalue weighted by Gasteiger charge is -2.40. The summed E-state index contributed by atoms with van der Waals surface area (Å²) in [6.07, 6.45) is 2.44. The van der Waals surface area contributed by atoms with Gasteiger partial charge in [0.1, 0.15) is 0 Å². The molecule has 1 aliphatic carbocycles. The van der Waals surface area contributed by atoms with Crippen LogP contribution in [0.15, 0.2) is 24.3 Å². The van der Waals surface area contributed by atoms with Crippen LogP contribution in [-0.2, 0) is 9.53 Å². The van der Waals surface area contributed by atoms with Crippen molar-refractivity contribution in [1.29, 1.82) is 0 Å². The molecule has 1 saturated heterocycles. The molecule has 0 radical (unpaired) electrons. The second-order valence-electron chi connectivity index (χ2n) is 6.48. The Kier molecular flexibility index (Phi) is 3.37. The summed E-state index contributed by atoms with van der Waals surface area (Å²) < 4.78 is 5.28. The van der Waals surface area contributed by atoms with Gasteiger partial charge in [-0.3, -0.25) is 9.59 Å². The maximum Gasteiger partial charge on any atom is 0.251 e. The number of fused-ring (bicyclic) bond motifs is 1. The standard InChI is InChI=1S/C17H20N2O3/c20-16-14-4-2-1-3-13(14)15(7-18-16)17(21)19(8-11-5-6-11)12-9-22-10-12/h1-4,11-12,15H,5-10H2,(H,18,20). The van der Waals surface area contributed by atoms with Gasteiger partial charge in [-0.1, -0.05) is 18.2 Å². The van der Waals surface area contributed by atoms with Crippen molar-refractivity contribution in [1.82, 2.24) is 10.2 Å². The summed E-state index contributed by atoms with van der Waals surface area (Å²) in [6, 6.07) is 7.64. The van der Waals surface area contributed by atoms with Gasteiger partial charge >= 0.3 is 0 Å². The third kappa shape index (κ3) is 2.39. The predicted molar refractivity (Wildman–Crippen MR) is 80.6 cm³/mol. The molecule has 2 fully saturated rings. The third-order valence-electron chi connectivity index (χ3n) is 4.84. The summed E-state index contributed by atoms with van der Waals surface area (Å²) in [5, 5.41) is 2.85. The maximum atomic E-state index is 13.1. The highest BCUT2D eigenvalue weighted by molar-refractivity contribution is 6.00. The monoisotopic (exact) mass is 300 g/mol. The number of nitrogens with zero attached hydrogens (tertiary/aromatic N) is 1. The average molecular weight is 300 g/mol. The molecule has 2 heterocycles. The van der Waals surface area contributed by atoms with Gasteiger partial charge in [-0.2, -0.15) is 0 Å². The highest BCUT2D eigenvalue weighted by Crippen LogP contribution is 2.33. The minimum absolute atomic E-state index is 0.0830. The predicted octanol–water partition coefficient (Wildman–Crippen LogP) is 1.15. The third-order valence-corrected chi connectivity index (χ3v) is 4.84. The fourth-order valence-electron chi connectivity index (χ4n) is 3.23. The first-order chi connectivity index (χ1) is 10.7. The van der Waals surface area contributed by atoms with E-state index in [1.807, 2.05) is 23.1 Å². The molecule has 1 atom stereocenters. The smallest absolute Gasteiger partial charge is 0.251 e. The lowest BCUT2D eigenvalue weighted by Crippen LogP contribution is -2.55. The van der Waals surface area contributed by atoms with Crippen molar-refractivity contribution in [3.63, 3.8) is 0 Å². The molecule has 2 aliphatic heterocycles. The fourth-order valence-corrected chi connectivity index (χ4v) is 3.23. The molecule has 5 nitrogen and oxygen atoms in total. The number of carbonyl (C=O) groups is 2. The van der Waals surface area contributed by atoms with Crippen LogP contribution < -0.4 is 5.32 Å². The largest absolute Gasteiger partial charge is 0.377 e. The van der Waals surface area contributed by atoms with E-state index in [0.717, 1.165) is 12.1 Å². The Morgan fingerprint density at radius 3 is 2.73 bits per heavy atom. The van der Waals surface area contributed by atoms with Crippen molar-refractivity contribution in [3.05, 3.63) is 35.4 Å². The summed E-state index contributed by atoms with van der Waals surface area (Å²) in [7, 11) is 0. The van der Waals surface area contributed by atoms with E-state index in [4.69, 9.17) is 4.74 Å². The van der Waals surface area contributed by atoms with Crippen molar-refractivity contribution in [2.24, 2.45) is 5.92 Å².